The van der Waals surface area contributed by atoms with Crippen LogP contribution in [0.4, 0.5) is 5.69 Å². The third-order valence-corrected chi connectivity index (χ3v) is 6.83. The van der Waals surface area contributed by atoms with Crippen molar-refractivity contribution < 1.29 is 9.47 Å². The Balaban J connectivity index is 0.00000385. The topological polar surface area (TPSA) is 61.4 Å². The van der Waals surface area contributed by atoms with Gasteiger partial charge in [0.05, 0.1) is 14.2 Å². The van der Waals surface area contributed by atoms with Gasteiger partial charge in [0, 0.05) is 56.6 Å². The molecule has 1 aromatic rings. The number of anilines is 1. The van der Waals surface area contributed by atoms with Crippen LogP contribution in [0.3, 0.4) is 0 Å². The Labute approximate surface area is 217 Å². The number of benzene rings is 1. The molecule has 1 aromatic carbocycles. The fraction of sp³-hybridized carbons (Fsp3) is 0.720. The maximum atomic E-state index is 5.42. The van der Waals surface area contributed by atoms with Gasteiger partial charge in [0.2, 0.25) is 0 Å². The molecule has 8 heteroatoms. The van der Waals surface area contributed by atoms with Gasteiger partial charge in [-0.25, -0.2) is 0 Å². The van der Waals surface area contributed by atoms with E-state index in [0.29, 0.717) is 6.04 Å². The van der Waals surface area contributed by atoms with Crippen LogP contribution in [0.25, 0.3) is 0 Å². The summed E-state index contributed by atoms with van der Waals surface area (Å²) in [6.07, 6.45) is 7.31. The minimum Gasteiger partial charge on any atom is -0.497 e. The predicted octanol–water partition coefficient (Wildman–Crippen LogP) is 3.97. The van der Waals surface area contributed by atoms with Crippen LogP contribution in [0, 0.1) is 5.92 Å². The molecule has 2 aliphatic heterocycles. The molecule has 0 unspecified atom stereocenters. The fourth-order valence-electron chi connectivity index (χ4n) is 4.60. The van der Waals surface area contributed by atoms with Gasteiger partial charge in [-0.3, -0.25) is 4.99 Å². The average Bonchev–Trinajstić information content (AvgIpc) is 2.84. The number of methoxy groups -OCH3 is 2. The van der Waals surface area contributed by atoms with Gasteiger partial charge >= 0.3 is 0 Å². The van der Waals surface area contributed by atoms with Gasteiger partial charge in [-0.1, -0.05) is 6.92 Å². The Bertz CT molecular complexity index is 694. The van der Waals surface area contributed by atoms with E-state index in [1.165, 1.54) is 45.3 Å². The van der Waals surface area contributed by atoms with Gasteiger partial charge in [-0.2, -0.15) is 0 Å². The highest BCUT2D eigenvalue weighted by atomic mass is 127. The molecule has 33 heavy (non-hydrogen) atoms. The molecule has 0 radical (unpaired) electrons. The highest BCUT2D eigenvalue weighted by Crippen LogP contribution is 2.30. The Morgan fingerprint density at radius 3 is 2.18 bits per heavy atom. The number of hydrogen-bond donors (Lipinski definition) is 2. The van der Waals surface area contributed by atoms with Crippen molar-refractivity contribution in [2.75, 3.05) is 65.4 Å². The van der Waals surface area contributed by atoms with Crippen molar-refractivity contribution >= 4 is 35.6 Å². The molecule has 0 aromatic heterocycles. The molecule has 3 rings (SSSR count). The van der Waals surface area contributed by atoms with E-state index < -0.39 is 0 Å². The van der Waals surface area contributed by atoms with Crippen LogP contribution in [-0.4, -0.2) is 77.4 Å². The lowest BCUT2D eigenvalue weighted by Gasteiger charge is -2.34. The molecule has 0 saturated carbocycles. The van der Waals surface area contributed by atoms with Crippen LogP contribution in [0.1, 0.15) is 45.4 Å². The summed E-state index contributed by atoms with van der Waals surface area (Å²) < 4.78 is 10.8. The first kappa shape index (κ1) is 27.8. The summed E-state index contributed by atoms with van der Waals surface area (Å²) in [7, 11) is 5.25. The first-order chi connectivity index (χ1) is 15.6. The smallest absolute Gasteiger partial charge is 0.191 e. The number of hydrogen-bond acceptors (Lipinski definition) is 5. The van der Waals surface area contributed by atoms with Crippen LogP contribution in [-0.2, 0) is 0 Å². The lowest BCUT2D eigenvalue weighted by Crippen LogP contribution is -2.49. The molecule has 0 amide bonds. The fourth-order valence-corrected chi connectivity index (χ4v) is 4.60. The van der Waals surface area contributed by atoms with Crippen molar-refractivity contribution in [3.05, 3.63) is 18.2 Å². The normalized spacial score (nSPS) is 18.5. The summed E-state index contributed by atoms with van der Waals surface area (Å²) >= 11 is 0. The van der Waals surface area contributed by atoms with Crippen molar-refractivity contribution in [2.45, 2.75) is 51.5 Å². The van der Waals surface area contributed by atoms with Gasteiger partial charge < -0.3 is 29.9 Å². The third kappa shape index (κ3) is 9.03. The maximum Gasteiger partial charge on any atom is 0.191 e. The molecule has 2 saturated heterocycles. The Kier molecular flexibility index (Phi) is 12.4. The van der Waals surface area contributed by atoms with E-state index in [4.69, 9.17) is 9.47 Å². The molecular formula is C25H44IN5O2. The quantitative estimate of drug-likeness (QED) is 0.202. The summed E-state index contributed by atoms with van der Waals surface area (Å²) in [5.41, 5.74) is 1.16. The minimum absolute atomic E-state index is 0. The Morgan fingerprint density at radius 2 is 1.61 bits per heavy atom. The molecule has 0 bridgehead atoms. The second-order valence-electron chi connectivity index (χ2n) is 9.21. The summed E-state index contributed by atoms with van der Waals surface area (Å²) in [6.45, 7) is 9.14. The zero-order valence-corrected chi connectivity index (χ0v) is 23.3. The molecule has 2 heterocycles. The number of piperidine rings is 2. The number of aliphatic imine (C=N–C) groups is 1. The van der Waals surface area contributed by atoms with E-state index in [1.54, 1.807) is 14.2 Å². The number of halogens is 1. The van der Waals surface area contributed by atoms with Crippen molar-refractivity contribution in [2.24, 2.45) is 10.9 Å². The average molecular weight is 574 g/mol. The second kappa shape index (κ2) is 14.8. The lowest BCUT2D eigenvalue weighted by molar-refractivity contribution is 0.189. The summed E-state index contributed by atoms with van der Waals surface area (Å²) in [5.74, 6) is 3.50. The van der Waals surface area contributed by atoms with Crippen LogP contribution >= 0.6 is 24.0 Å². The van der Waals surface area contributed by atoms with Crippen LogP contribution < -0.4 is 25.0 Å². The number of guanidine groups is 1. The van der Waals surface area contributed by atoms with Crippen molar-refractivity contribution in [1.29, 1.82) is 0 Å². The predicted molar refractivity (Wildman–Crippen MR) is 149 cm³/mol. The number of ether oxygens (including phenoxy) is 2. The largest absolute Gasteiger partial charge is 0.497 e. The third-order valence-electron chi connectivity index (χ3n) is 6.83. The van der Waals surface area contributed by atoms with Crippen LogP contribution in [0.15, 0.2) is 23.2 Å². The summed E-state index contributed by atoms with van der Waals surface area (Å²) in [5, 5.41) is 7.13. The number of likely N-dealkylation sites (tertiary alicyclic amines) is 1. The molecule has 0 aliphatic carbocycles. The Morgan fingerprint density at radius 1 is 0.970 bits per heavy atom. The molecule has 2 aliphatic rings. The number of nitrogens with zero attached hydrogens (tertiary/aromatic N) is 3. The monoisotopic (exact) mass is 573 g/mol. The molecule has 0 spiro atoms. The summed E-state index contributed by atoms with van der Waals surface area (Å²) in [6, 6.07) is 6.53. The molecule has 188 valence electrons. The van der Waals surface area contributed by atoms with Crippen LogP contribution in [0.5, 0.6) is 11.5 Å². The zero-order chi connectivity index (χ0) is 22.8. The lowest BCUT2D eigenvalue weighted by atomic mass is 9.99. The first-order valence-corrected chi connectivity index (χ1v) is 12.3. The van der Waals surface area contributed by atoms with Crippen molar-refractivity contribution in [1.82, 2.24) is 15.5 Å². The van der Waals surface area contributed by atoms with E-state index in [0.717, 1.165) is 61.5 Å². The number of nitrogens with one attached hydrogen (secondary N) is 2. The first-order valence-electron chi connectivity index (χ1n) is 12.3. The van der Waals surface area contributed by atoms with Gasteiger partial charge in [0.15, 0.2) is 5.96 Å². The molecule has 2 fully saturated rings. The van der Waals surface area contributed by atoms with E-state index in [1.807, 2.05) is 13.1 Å². The number of rotatable bonds is 9. The number of unbranched alkanes of at least 4 members (excludes halogenated alkanes) is 1. The van der Waals surface area contributed by atoms with Gasteiger partial charge in [-0.05, 0) is 64.1 Å². The van der Waals surface area contributed by atoms with Gasteiger partial charge in [-0.15, -0.1) is 24.0 Å². The molecular weight excluding hydrogens is 529 g/mol. The van der Waals surface area contributed by atoms with Gasteiger partial charge in [0.1, 0.15) is 11.5 Å². The highest BCUT2D eigenvalue weighted by Gasteiger charge is 2.21. The molecule has 2 N–H and O–H groups in total. The zero-order valence-electron chi connectivity index (χ0n) is 20.9. The molecule has 0 atom stereocenters. The van der Waals surface area contributed by atoms with Crippen LogP contribution in [0.2, 0.25) is 0 Å². The maximum absolute atomic E-state index is 5.42. The van der Waals surface area contributed by atoms with E-state index in [9.17, 15) is 0 Å². The van der Waals surface area contributed by atoms with E-state index >= 15 is 0 Å². The standard InChI is InChI=1S/C25H43N5O2.HI/c1-20-7-13-29(14-8-20)12-6-5-11-27-25(26-2)28-21-9-15-30(16-10-21)22-17-23(31-3)19-24(18-22)32-4;/h17-21H,5-16H2,1-4H3,(H2,26,27,28);1H. The van der Waals surface area contributed by atoms with E-state index in [-0.39, 0.29) is 24.0 Å². The minimum atomic E-state index is 0. The highest BCUT2D eigenvalue weighted by molar-refractivity contribution is 14.0. The van der Waals surface area contributed by atoms with Gasteiger partial charge in [0.25, 0.3) is 0 Å². The molecule has 7 nitrogen and oxygen atoms in total. The van der Waals surface area contributed by atoms with E-state index in [2.05, 4.69) is 44.5 Å². The SMILES string of the molecule is CN=C(NCCCCN1CCC(C)CC1)NC1CCN(c2cc(OC)cc(OC)c2)CC1.I. The van der Waals surface area contributed by atoms with Crippen molar-refractivity contribution in [3.8, 4) is 11.5 Å². The van der Waals surface area contributed by atoms with Crippen molar-refractivity contribution in [3.63, 3.8) is 0 Å². The Hall–Kier alpha value is -1.42. The summed E-state index contributed by atoms with van der Waals surface area (Å²) in [4.78, 5) is 9.47. The second-order valence-corrected chi connectivity index (χ2v) is 9.21.